The third kappa shape index (κ3) is 2.09. The van der Waals surface area contributed by atoms with Crippen molar-refractivity contribution in [3.63, 3.8) is 0 Å². The molecule has 1 aromatic rings. The van der Waals surface area contributed by atoms with Crippen LogP contribution in [0.4, 0.5) is 5.69 Å². The number of para-hydroxylation sites is 1. The van der Waals surface area contributed by atoms with Crippen LogP contribution < -0.4 is 9.64 Å². The lowest BCUT2D eigenvalue weighted by atomic mass is 9.55. The van der Waals surface area contributed by atoms with E-state index in [1.165, 1.54) is 5.57 Å². The molecule has 1 saturated carbocycles. The van der Waals surface area contributed by atoms with Gasteiger partial charge in [-0.05, 0) is 37.6 Å². The van der Waals surface area contributed by atoms with Crippen LogP contribution in [-0.4, -0.2) is 62.6 Å². The standard InChI is InChI=1S/C23H26N2O4/c1-24-8-7-23-15-4-3-5-16(28-2)21(15)25-19(27)11-17-20(22(23)25)14(10-18(23)26)13(12-24)6-9-29-17/h3-6,14,17,20,22H,7-12H2,1-2H3/t14-,17-,20-,22-,23+/m0/s1. The third-order valence-electron chi connectivity index (χ3n) is 8.00. The minimum Gasteiger partial charge on any atom is -0.495 e. The average molecular weight is 394 g/mol. The second-order valence-corrected chi connectivity index (χ2v) is 9.19. The van der Waals surface area contributed by atoms with Crippen molar-refractivity contribution in [2.24, 2.45) is 11.8 Å². The summed E-state index contributed by atoms with van der Waals surface area (Å²) in [6.45, 7) is 2.22. The van der Waals surface area contributed by atoms with Gasteiger partial charge in [-0.15, -0.1) is 0 Å². The minimum atomic E-state index is -0.670. The van der Waals surface area contributed by atoms with Gasteiger partial charge in [-0.1, -0.05) is 23.8 Å². The fourth-order valence-corrected chi connectivity index (χ4v) is 6.86. The Morgan fingerprint density at radius 2 is 2.10 bits per heavy atom. The van der Waals surface area contributed by atoms with Crippen LogP contribution in [0.3, 0.4) is 0 Å². The molecule has 4 bridgehead atoms. The Labute approximate surface area is 170 Å². The van der Waals surface area contributed by atoms with Gasteiger partial charge in [0.25, 0.3) is 0 Å². The first-order chi connectivity index (χ1) is 14.1. The molecular formula is C23H26N2O4. The number of piperidine rings is 1. The van der Waals surface area contributed by atoms with Gasteiger partial charge in [0.05, 0.1) is 43.4 Å². The highest BCUT2D eigenvalue weighted by Gasteiger charge is 2.68. The maximum atomic E-state index is 13.9. The zero-order valence-corrected chi connectivity index (χ0v) is 16.9. The highest BCUT2D eigenvalue weighted by Crippen LogP contribution is 2.62. The number of hydrogen-bond donors (Lipinski definition) is 0. The van der Waals surface area contributed by atoms with Crippen molar-refractivity contribution in [3.8, 4) is 5.75 Å². The third-order valence-corrected chi connectivity index (χ3v) is 8.00. The Morgan fingerprint density at radius 1 is 1.24 bits per heavy atom. The van der Waals surface area contributed by atoms with Crippen LogP contribution in [0.5, 0.6) is 5.75 Å². The molecule has 152 valence electrons. The van der Waals surface area contributed by atoms with Gasteiger partial charge in [0.15, 0.2) is 0 Å². The molecule has 6 aliphatic rings. The number of anilines is 1. The maximum Gasteiger partial charge on any atom is 0.230 e. The van der Waals surface area contributed by atoms with Crippen LogP contribution in [0.15, 0.2) is 29.8 Å². The molecule has 6 nitrogen and oxygen atoms in total. The van der Waals surface area contributed by atoms with Crippen LogP contribution >= 0.6 is 0 Å². The number of ketones is 1. The summed E-state index contributed by atoms with van der Waals surface area (Å²) in [5.41, 5.74) is 2.43. The van der Waals surface area contributed by atoms with Crippen molar-refractivity contribution in [2.45, 2.75) is 36.8 Å². The number of likely N-dealkylation sites (N-methyl/N-ethyl adjacent to an activating group) is 1. The molecule has 5 aliphatic heterocycles. The van der Waals surface area contributed by atoms with E-state index in [1.54, 1.807) is 7.11 Å². The fraction of sp³-hybridized carbons (Fsp3) is 0.565. The summed E-state index contributed by atoms with van der Waals surface area (Å²) in [5.74, 6) is 1.29. The number of carbonyl (C=O) groups is 2. The van der Waals surface area contributed by atoms with Gasteiger partial charge in [-0.2, -0.15) is 0 Å². The highest BCUT2D eigenvalue weighted by molar-refractivity contribution is 6.07. The van der Waals surface area contributed by atoms with E-state index in [0.717, 1.165) is 30.8 Å². The van der Waals surface area contributed by atoms with E-state index in [-0.39, 0.29) is 35.7 Å². The van der Waals surface area contributed by atoms with Gasteiger partial charge in [-0.25, -0.2) is 0 Å². The first-order valence-electron chi connectivity index (χ1n) is 10.6. The zero-order valence-electron chi connectivity index (χ0n) is 16.9. The molecule has 5 heterocycles. The number of nitrogens with zero attached hydrogens (tertiary/aromatic N) is 2. The number of rotatable bonds is 1. The van der Waals surface area contributed by atoms with Crippen molar-refractivity contribution in [3.05, 3.63) is 35.4 Å². The summed E-state index contributed by atoms with van der Waals surface area (Å²) in [6.07, 6.45) is 3.68. The normalized spacial score (nSPS) is 38.0. The van der Waals surface area contributed by atoms with Crippen molar-refractivity contribution < 1.29 is 19.1 Å². The SMILES string of the molecule is COc1cccc2c1N1C(=O)C[C@@H]3OCC=C4CN(C)CC[C@]25C(=O)C[C@@H]4[C@@H]3[C@H]15. The van der Waals surface area contributed by atoms with Gasteiger partial charge >= 0.3 is 0 Å². The highest BCUT2D eigenvalue weighted by atomic mass is 16.5. The first-order valence-corrected chi connectivity index (χ1v) is 10.6. The van der Waals surface area contributed by atoms with Gasteiger partial charge in [0.1, 0.15) is 11.5 Å². The molecule has 7 rings (SSSR count). The summed E-state index contributed by atoms with van der Waals surface area (Å²) in [4.78, 5) is 31.6. The van der Waals surface area contributed by atoms with E-state index in [0.29, 0.717) is 25.2 Å². The lowest BCUT2D eigenvalue weighted by molar-refractivity contribution is -0.140. The Morgan fingerprint density at radius 3 is 2.93 bits per heavy atom. The fourth-order valence-electron chi connectivity index (χ4n) is 6.86. The topological polar surface area (TPSA) is 59.1 Å². The van der Waals surface area contributed by atoms with E-state index in [1.807, 2.05) is 23.1 Å². The van der Waals surface area contributed by atoms with E-state index in [4.69, 9.17) is 9.47 Å². The van der Waals surface area contributed by atoms with Crippen molar-refractivity contribution in [2.75, 3.05) is 38.8 Å². The largest absolute Gasteiger partial charge is 0.495 e. The van der Waals surface area contributed by atoms with Gasteiger partial charge in [0, 0.05) is 18.9 Å². The lowest BCUT2D eigenvalue weighted by Crippen LogP contribution is -2.66. The molecule has 1 spiro atoms. The molecule has 0 N–H and O–H groups in total. The number of Topliss-reactive ketones (excluding diaryl/α,β-unsaturated/α-hetero) is 1. The molecule has 4 fully saturated rings. The van der Waals surface area contributed by atoms with Crippen LogP contribution in [0.25, 0.3) is 0 Å². The smallest absolute Gasteiger partial charge is 0.230 e. The molecule has 1 aromatic carbocycles. The van der Waals surface area contributed by atoms with E-state index < -0.39 is 5.41 Å². The summed E-state index contributed by atoms with van der Waals surface area (Å²) < 4.78 is 11.9. The number of fused-ring (bicyclic) bond motifs is 6. The van der Waals surface area contributed by atoms with Gasteiger partial charge < -0.3 is 19.3 Å². The molecule has 5 atom stereocenters. The van der Waals surface area contributed by atoms with Crippen LogP contribution in [-0.2, 0) is 19.7 Å². The van der Waals surface area contributed by atoms with E-state index in [9.17, 15) is 9.59 Å². The predicted molar refractivity (Wildman–Crippen MR) is 107 cm³/mol. The number of carbonyl (C=O) groups excluding carboxylic acids is 2. The lowest BCUT2D eigenvalue weighted by Gasteiger charge is -2.53. The van der Waals surface area contributed by atoms with E-state index in [2.05, 4.69) is 18.0 Å². The van der Waals surface area contributed by atoms with Crippen LogP contribution in [0, 0.1) is 11.8 Å². The molecule has 6 heteroatoms. The molecule has 29 heavy (non-hydrogen) atoms. The van der Waals surface area contributed by atoms with Crippen molar-refractivity contribution in [1.82, 2.24) is 4.90 Å². The quantitative estimate of drug-likeness (QED) is 0.681. The summed E-state index contributed by atoms with van der Waals surface area (Å²) >= 11 is 0. The number of amides is 1. The second kappa shape index (κ2) is 5.92. The minimum absolute atomic E-state index is 0.0494. The molecule has 0 unspecified atom stereocenters. The molecule has 3 saturated heterocycles. The Kier molecular flexibility index (Phi) is 3.61. The first kappa shape index (κ1) is 17.7. The molecular weight excluding hydrogens is 368 g/mol. The van der Waals surface area contributed by atoms with Crippen molar-refractivity contribution in [1.29, 1.82) is 0 Å². The van der Waals surface area contributed by atoms with Crippen molar-refractivity contribution >= 4 is 17.4 Å². The van der Waals surface area contributed by atoms with Gasteiger partial charge in [-0.3, -0.25) is 9.59 Å². The molecule has 1 amide bonds. The molecule has 0 aromatic heterocycles. The van der Waals surface area contributed by atoms with E-state index >= 15 is 0 Å². The Balaban J connectivity index is 1.67. The Bertz CT molecular complexity index is 956. The monoisotopic (exact) mass is 394 g/mol. The average Bonchev–Trinajstić information content (AvgIpc) is 2.96. The number of benzene rings is 1. The number of methoxy groups -OCH3 is 1. The molecule has 0 radical (unpaired) electrons. The maximum absolute atomic E-state index is 13.9. The van der Waals surface area contributed by atoms with Crippen LogP contribution in [0.1, 0.15) is 24.8 Å². The van der Waals surface area contributed by atoms with Crippen LogP contribution in [0.2, 0.25) is 0 Å². The summed E-state index contributed by atoms with van der Waals surface area (Å²) in [5, 5.41) is 0. The summed E-state index contributed by atoms with van der Waals surface area (Å²) in [7, 11) is 3.77. The number of hydrogen-bond acceptors (Lipinski definition) is 5. The zero-order chi connectivity index (χ0) is 19.9. The summed E-state index contributed by atoms with van der Waals surface area (Å²) in [6, 6.07) is 5.72. The predicted octanol–water partition coefficient (Wildman–Crippen LogP) is 1.92. The second-order valence-electron chi connectivity index (χ2n) is 9.19. The number of ether oxygens (including phenoxy) is 2. The van der Waals surface area contributed by atoms with Gasteiger partial charge in [0.2, 0.25) is 5.91 Å². The molecule has 1 aliphatic carbocycles. The Hall–Kier alpha value is -2.18.